The zero-order valence-corrected chi connectivity index (χ0v) is 24.4. The number of thioether (sulfide) groups is 1. The standard InChI is InChI=1S/C29H38N2O5S2/c1-5-7-8-9-10-11-12-19-36-26-20-23(15-18-25(26)35-4)21-27-28(32)31(6-2)29(37-27)30-38(33,34)24-16-13-22(3)14-17-24/h13-18,20-21H,5-12,19H2,1-4H3/b27-21-,30-29+. The number of methoxy groups -OCH3 is 1. The molecule has 1 heterocycles. The van der Waals surface area contributed by atoms with Gasteiger partial charge in [-0.05, 0) is 67.9 Å². The molecule has 0 atom stereocenters. The van der Waals surface area contributed by atoms with Gasteiger partial charge in [-0.1, -0.05) is 69.2 Å². The lowest BCUT2D eigenvalue weighted by molar-refractivity contribution is -0.122. The second-order valence-electron chi connectivity index (χ2n) is 9.20. The van der Waals surface area contributed by atoms with Crippen molar-refractivity contribution < 1.29 is 22.7 Å². The summed E-state index contributed by atoms with van der Waals surface area (Å²) in [5.41, 5.74) is 1.71. The summed E-state index contributed by atoms with van der Waals surface area (Å²) >= 11 is 1.06. The first-order valence-electron chi connectivity index (χ1n) is 13.2. The van der Waals surface area contributed by atoms with Crippen LogP contribution in [0.15, 0.2) is 56.7 Å². The molecule has 0 saturated carbocycles. The summed E-state index contributed by atoms with van der Waals surface area (Å²) < 4.78 is 41.2. The van der Waals surface area contributed by atoms with E-state index in [9.17, 15) is 13.2 Å². The van der Waals surface area contributed by atoms with E-state index >= 15 is 0 Å². The highest BCUT2D eigenvalue weighted by Crippen LogP contribution is 2.35. The van der Waals surface area contributed by atoms with Crippen molar-refractivity contribution >= 4 is 38.9 Å². The largest absolute Gasteiger partial charge is 0.493 e. The van der Waals surface area contributed by atoms with E-state index in [-0.39, 0.29) is 16.0 Å². The Morgan fingerprint density at radius 3 is 2.29 bits per heavy atom. The Balaban J connectivity index is 1.73. The highest BCUT2D eigenvalue weighted by atomic mass is 32.2. The molecule has 0 unspecified atom stereocenters. The molecule has 1 fully saturated rings. The molecular formula is C29H38N2O5S2. The fraction of sp³-hybridized carbons (Fsp3) is 0.448. The lowest BCUT2D eigenvalue weighted by Gasteiger charge is -2.12. The Hall–Kier alpha value is -2.78. The van der Waals surface area contributed by atoms with Gasteiger partial charge in [0, 0.05) is 6.54 Å². The van der Waals surface area contributed by atoms with E-state index in [1.807, 2.05) is 25.1 Å². The van der Waals surface area contributed by atoms with Crippen LogP contribution in [0, 0.1) is 6.92 Å². The summed E-state index contributed by atoms with van der Waals surface area (Å²) in [6.07, 6.45) is 10.1. The number of hydrogen-bond donors (Lipinski definition) is 0. The lowest BCUT2D eigenvalue weighted by Crippen LogP contribution is -2.29. The third-order valence-electron chi connectivity index (χ3n) is 6.21. The van der Waals surface area contributed by atoms with Gasteiger partial charge in [-0.15, -0.1) is 4.40 Å². The van der Waals surface area contributed by atoms with Crippen molar-refractivity contribution in [2.24, 2.45) is 4.40 Å². The van der Waals surface area contributed by atoms with Crippen LogP contribution in [0.2, 0.25) is 0 Å². The highest BCUT2D eigenvalue weighted by molar-refractivity contribution is 8.19. The molecule has 0 aromatic heterocycles. The predicted octanol–water partition coefficient (Wildman–Crippen LogP) is 6.81. The fourth-order valence-electron chi connectivity index (χ4n) is 4.01. The van der Waals surface area contributed by atoms with E-state index < -0.39 is 10.0 Å². The Bertz CT molecular complexity index is 1250. The number of unbranched alkanes of at least 4 members (excludes halogenated alkanes) is 6. The van der Waals surface area contributed by atoms with E-state index in [4.69, 9.17) is 9.47 Å². The van der Waals surface area contributed by atoms with Gasteiger partial charge >= 0.3 is 0 Å². The van der Waals surface area contributed by atoms with Crippen LogP contribution in [0.4, 0.5) is 0 Å². The van der Waals surface area contributed by atoms with E-state index in [1.54, 1.807) is 32.2 Å². The summed E-state index contributed by atoms with van der Waals surface area (Å²) in [6, 6.07) is 12.0. The topological polar surface area (TPSA) is 85.3 Å². The molecular weight excluding hydrogens is 520 g/mol. The third-order valence-corrected chi connectivity index (χ3v) is 8.62. The number of aryl methyl sites for hydroxylation is 1. The molecule has 0 radical (unpaired) electrons. The smallest absolute Gasteiger partial charge is 0.284 e. The number of sulfonamides is 1. The zero-order chi connectivity index (χ0) is 27.5. The number of carbonyl (C=O) groups is 1. The molecule has 1 aliphatic heterocycles. The number of ether oxygens (including phenoxy) is 2. The number of nitrogens with zero attached hydrogens (tertiary/aromatic N) is 2. The van der Waals surface area contributed by atoms with Gasteiger partial charge in [-0.2, -0.15) is 8.42 Å². The molecule has 1 amide bonds. The van der Waals surface area contributed by atoms with Crippen molar-refractivity contribution in [1.29, 1.82) is 0 Å². The second kappa shape index (κ2) is 14.4. The maximum Gasteiger partial charge on any atom is 0.284 e. The Morgan fingerprint density at radius 2 is 1.63 bits per heavy atom. The number of likely N-dealkylation sites (N-methyl/N-ethyl adjacent to an activating group) is 1. The molecule has 9 heteroatoms. The van der Waals surface area contributed by atoms with Crippen molar-refractivity contribution in [2.75, 3.05) is 20.3 Å². The summed E-state index contributed by atoms with van der Waals surface area (Å²) in [5, 5.41) is 0.147. The van der Waals surface area contributed by atoms with Gasteiger partial charge in [-0.25, -0.2) is 0 Å². The molecule has 0 spiro atoms. The lowest BCUT2D eigenvalue weighted by atomic mass is 10.1. The van der Waals surface area contributed by atoms with Crippen molar-refractivity contribution in [1.82, 2.24) is 4.90 Å². The van der Waals surface area contributed by atoms with Gasteiger partial charge in [0.2, 0.25) is 0 Å². The van der Waals surface area contributed by atoms with Gasteiger partial charge in [0.1, 0.15) is 0 Å². The number of amidine groups is 1. The molecule has 2 aromatic carbocycles. The quantitative estimate of drug-likeness (QED) is 0.187. The van der Waals surface area contributed by atoms with Crippen molar-refractivity contribution in [3.05, 3.63) is 58.5 Å². The van der Waals surface area contributed by atoms with Crippen molar-refractivity contribution in [3.63, 3.8) is 0 Å². The number of benzene rings is 2. The SMILES string of the molecule is CCCCCCCCCOc1cc(/C=C2\S/C(=N/S(=O)(=O)c3ccc(C)cc3)N(CC)C2=O)ccc1OC. The molecule has 7 nitrogen and oxygen atoms in total. The maximum atomic E-state index is 13.1. The predicted molar refractivity (Wildman–Crippen MR) is 155 cm³/mol. The molecule has 206 valence electrons. The number of amides is 1. The van der Waals surface area contributed by atoms with Crippen LogP contribution in [-0.4, -0.2) is 44.7 Å². The van der Waals surface area contributed by atoms with Gasteiger partial charge in [-0.3, -0.25) is 9.69 Å². The van der Waals surface area contributed by atoms with Crippen LogP contribution >= 0.6 is 11.8 Å². The Kier molecular flexibility index (Phi) is 11.3. The molecule has 0 bridgehead atoms. The average molecular weight is 559 g/mol. The zero-order valence-electron chi connectivity index (χ0n) is 22.7. The fourth-order valence-corrected chi connectivity index (χ4v) is 6.25. The van der Waals surface area contributed by atoms with E-state index in [2.05, 4.69) is 11.3 Å². The van der Waals surface area contributed by atoms with Crippen molar-refractivity contribution in [2.45, 2.75) is 70.6 Å². The summed E-state index contributed by atoms with van der Waals surface area (Å²) in [6.45, 7) is 6.79. The maximum absolute atomic E-state index is 13.1. The molecule has 1 saturated heterocycles. The van der Waals surface area contributed by atoms with E-state index in [1.165, 1.54) is 49.1 Å². The minimum atomic E-state index is -3.95. The van der Waals surface area contributed by atoms with Crippen LogP contribution in [-0.2, 0) is 14.8 Å². The molecule has 38 heavy (non-hydrogen) atoms. The van der Waals surface area contributed by atoms with Crippen LogP contribution in [0.25, 0.3) is 6.08 Å². The molecule has 1 aliphatic rings. The Labute approximate surface area is 231 Å². The van der Waals surface area contributed by atoms with E-state index in [0.717, 1.165) is 35.7 Å². The number of carbonyl (C=O) groups excluding carboxylic acids is 1. The van der Waals surface area contributed by atoms with Gasteiger partial charge in [0.05, 0.1) is 23.5 Å². The van der Waals surface area contributed by atoms with Gasteiger partial charge in [0.25, 0.3) is 15.9 Å². The van der Waals surface area contributed by atoms with Crippen LogP contribution in [0.3, 0.4) is 0 Å². The van der Waals surface area contributed by atoms with Crippen LogP contribution < -0.4 is 9.47 Å². The summed E-state index contributed by atoms with van der Waals surface area (Å²) in [4.78, 5) is 14.9. The second-order valence-corrected chi connectivity index (χ2v) is 11.8. The first-order valence-corrected chi connectivity index (χ1v) is 15.5. The summed E-state index contributed by atoms with van der Waals surface area (Å²) in [7, 11) is -2.35. The van der Waals surface area contributed by atoms with Crippen LogP contribution in [0.5, 0.6) is 11.5 Å². The summed E-state index contributed by atoms with van der Waals surface area (Å²) in [5.74, 6) is 0.963. The number of rotatable bonds is 14. The van der Waals surface area contributed by atoms with Crippen LogP contribution in [0.1, 0.15) is 69.9 Å². The third kappa shape index (κ3) is 8.11. The molecule has 2 aromatic rings. The number of hydrogen-bond acceptors (Lipinski definition) is 6. The first-order chi connectivity index (χ1) is 18.3. The Morgan fingerprint density at radius 1 is 0.947 bits per heavy atom. The molecule has 0 N–H and O–H groups in total. The normalized spacial score (nSPS) is 16.0. The minimum Gasteiger partial charge on any atom is -0.493 e. The first kappa shape index (κ1) is 29.8. The minimum absolute atomic E-state index is 0.0926. The molecule has 0 aliphatic carbocycles. The average Bonchev–Trinajstić information content (AvgIpc) is 3.18. The monoisotopic (exact) mass is 558 g/mol. The van der Waals surface area contributed by atoms with E-state index in [0.29, 0.717) is 29.6 Å². The molecule has 3 rings (SSSR count). The highest BCUT2D eigenvalue weighted by Gasteiger charge is 2.34. The van der Waals surface area contributed by atoms with Gasteiger partial charge in [0.15, 0.2) is 16.7 Å². The van der Waals surface area contributed by atoms with Gasteiger partial charge < -0.3 is 9.47 Å². The van der Waals surface area contributed by atoms with Crippen molar-refractivity contribution in [3.8, 4) is 11.5 Å².